The second-order valence-electron chi connectivity index (χ2n) is 7.51. The predicted molar refractivity (Wildman–Crippen MR) is 109 cm³/mol. The van der Waals surface area contributed by atoms with Gasteiger partial charge in [0.1, 0.15) is 0 Å². The van der Waals surface area contributed by atoms with Crippen LogP contribution in [0.25, 0.3) is 4.85 Å². The first-order valence-corrected chi connectivity index (χ1v) is 10.0. The van der Waals surface area contributed by atoms with E-state index in [9.17, 15) is 4.79 Å². The predicted octanol–water partition coefficient (Wildman–Crippen LogP) is 4.35. The number of nitrogens with zero attached hydrogens (tertiary/aromatic N) is 4. The zero-order valence-electron chi connectivity index (χ0n) is 15.7. The molecule has 2 aromatic rings. The van der Waals surface area contributed by atoms with Gasteiger partial charge in [0.15, 0.2) is 17.2 Å². The summed E-state index contributed by atoms with van der Waals surface area (Å²) in [5.41, 5.74) is 2.02. The number of aromatic nitrogens is 2. The third-order valence-electron chi connectivity index (χ3n) is 5.63. The summed E-state index contributed by atoms with van der Waals surface area (Å²) in [5.74, 6) is 1.38. The Kier molecular flexibility index (Phi) is 5.19. The van der Waals surface area contributed by atoms with Gasteiger partial charge >= 0.3 is 5.82 Å². The van der Waals surface area contributed by atoms with Gasteiger partial charge in [-0.15, -0.1) is 4.98 Å². The van der Waals surface area contributed by atoms with E-state index in [1.807, 2.05) is 12.1 Å². The quantitative estimate of drug-likeness (QED) is 0.782. The Bertz CT molecular complexity index is 919. The third kappa shape index (κ3) is 3.81. The molecule has 2 aliphatic rings. The molecule has 0 unspecified atom stereocenters. The monoisotopic (exact) mass is 395 g/mol. The van der Waals surface area contributed by atoms with Gasteiger partial charge < -0.3 is 15.1 Å². The van der Waals surface area contributed by atoms with Crippen molar-refractivity contribution >= 4 is 29.1 Å². The number of anilines is 1. The molecule has 7 heteroatoms. The van der Waals surface area contributed by atoms with Gasteiger partial charge in [0.25, 0.3) is 5.91 Å². The number of amides is 1. The van der Waals surface area contributed by atoms with Gasteiger partial charge in [-0.3, -0.25) is 4.79 Å². The molecule has 144 valence electrons. The number of hydrogen-bond acceptors (Lipinski definition) is 4. The summed E-state index contributed by atoms with van der Waals surface area (Å²) >= 11 is 6.05. The highest BCUT2D eigenvalue weighted by Crippen LogP contribution is 2.39. The average molecular weight is 396 g/mol. The first kappa shape index (κ1) is 18.7. The Morgan fingerprint density at radius 2 is 2.04 bits per heavy atom. The van der Waals surface area contributed by atoms with Crippen LogP contribution in [0.4, 0.5) is 11.6 Å². The number of halogens is 1. The molecule has 0 spiro atoms. The summed E-state index contributed by atoms with van der Waals surface area (Å²) in [5, 5.41) is 3.29. The van der Waals surface area contributed by atoms with E-state index < -0.39 is 0 Å². The number of hydrogen-bond donors (Lipinski definition) is 1. The summed E-state index contributed by atoms with van der Waals surface area (Å²) in [7, 11) is 0. The van der Waals surface area contributed by atoms with Crippen molar-refractivity contribution in [2.45, 2.75) is 50.6 Å². The van der Waals surface area contributed by atoms with Crippen molar-refractivity contribution in [1.82, 2.24) is 15.3 Å². The first-order chi connectivity index (χ1) is 13.6. The molecular formula is C21H22ClN5O. The summed E-state index contributed by atoms with van der Waals surface area (Å²) in [4.78, 5) is 26.5. The van der Waals surface area contributed by atoms with Crippen molar-refractivity contribution in [1.29, 1.82) is 0 Å². The molecule has 2 atom stereocenters. The van der Waals surface area contributed by atoms with Crippen LogP contribution >= 0.6 is 11.6 Å². The molecular weight excluding hydrogens is 374 g/mol. The van der Waals surface area contributed by atoms with Crippen molar-refractivity contribution in [3.05, 3.63) is 58.2 Å². The molecule has 6 nitrogen and oxygen atoms in total. The Labute approximate surface area is 169 Å². The maximum absolute atomic E-state index is 12.7. The summed E-state index contributed by atoms with van der Waals surface area (Å²) in [6.07, 6.45) is 5.93. The largest absolute Gasteiger partial charge is 0.358 e. The van der Waals surface area contributed by atoms with Crippen LogP contribution in [0.15, 0.2) is 30.5 Å². The Hall–Kier alpha value is -2.65. The Morgan fingerprint density at radius 3 is 2.68 bits per heavy atom. The summed E-state index contributed by atoms with van der Waals surface area (Å²) in [6.45, 7) is 9.93. The number of carbonyl (C=O) groups is 1. The normalized spacial score (nSPS) is 21.8. The van der Waals surface area contributed by atoms with Gasteiger partial charge in [-0.1, -0.05) is 30.3 Å². The smallest absolute Gasteiger partial charge is 0.307 e. The van der Waals surface area contributed by atoms with Crippen molar-refractivity contribution in [2.75, 3.05) is 11.4 Å². The lowest BCUT2D eigenvalue weighted by atomic mass is 9.97. The van der Waals surface area contributed by atoms with Crippen molar-refractivity contribution < 1.29 is 4.79 Å². The van der Waals surface area contributed by atoms with Crippen LogP contribution in [0.3, 0.4) is 0 Å². The maximum Gasteiger partial charge on any atom is 0.307 e. The van der Waals surface area contributed by atoms with Gasteiger partial charge in [0, 0.05) is 24.2 Å². The Morgan fingerprint density at radius 1 is 1.29 bits per heavy atom. The van der Waals surface area contributed by atoms with E-state index in [1.165, 1.54) is 18.4 Å². The highest BCUT2D eigenvalue weighted by atomic mass is 35.5. The first-order valence-electron chi connectivity index (χ1n) is 9.64. The van der Waals surface area contributed by atoms with E-state index in [1.54, 1.807) is 6.20 Å². The lowest BCUT2D eigenvalue weighted by molar-refractivity contribution is 0.0924. The fourth-order valence-corrected chi connectivity index (χ4v) is 3.98. The molecule has 1 aromatic heterocycles. The molecule has 1 saturated heterocycles. The van der Waals surface area contributed by atoms with E-state index >= 15 is 0 Å². The standard InChI is InChI=1S/C21H22ClN5O/c1-13-17(25-21(28)16-9-7-15(8-10-16)14-5-6-14)4-3-11-27(13)18-12-24-20(23-2)19(22)26-18/h7-10,12-14,17H,3-6,11H2,1H3,(H,25,28)/t13-,17-/m1/s1. The molecule has 4 rings (SSSR count). The molecule has 2 heterocycles. The highest BCUT2D eigenvalue weighted by Gasteiger charge is 2.31. The molecule has 1 saturated carbocycles. The number of rotatable bonds is 4. The van der Waals surface area contributed by atoms with Crippen molar-refractivity contribution in [2.24, 2.45) is 0 Å². The van der Waals surface area contributed by atoms with E-state index in [-0.39, 0.29) is 29.0 Å². The second kappa shape index (κ2) is 7.76. The molecule has 0 radical (unpaired) electrons. The number of carbonyl (C=O) groups excluding carboxylic acids is 1. The Balaban J connectivity index is 1.45. The molecule has 1 aromatic carbocycles. The minimum atomic E-state index is -0.0477. The van der Waals surface area contributed by atoms with Crippen LogP contribution in [-0.4, -0.2) is 34.5 Å². The molecule has 1 N–H and O–H groups in total. The van der Waals surface area contributed by atoms with E-state index in [2.05, 4.69) is 44.1 Å². The fourth-order valence-electron chi connectivity index (χ4n) is 3.80. The number of nitrogens with one attached hydrogen (secondary N) is 1. The van der Waals surface area contributed by atoms with Crippen LogP contribution in [-0.2, 0) is 0 Å². The minimum absolute atomic E-state index is 0.00507. The van der Waals surface area contributed by atoms with Gasteiger partial charge in [-0.25, -0.2) is 4.98 Å². The molecule has 1 aliphatic heterocycles. The number of benzene rings is 1. The van der Waals surface area contributed by atoms with Crippen LogP contribution in [0.5, 0.6) is 0 Å². The maximum atomic E-state index is 12.7. The lowest BCUT2D eigenvalue weighted by Gasteiger charge is -2.40. The highest BCUT2D eigenvalue weighted by molar-refractivity contribution is 6.31. The summed E-state index contributed by atoms with van der Waals surface area (Å²) < 4.78 is 0. The van der Waals surface area contributed by atoms with Gasteiger partial charge in [-0.05, 0) is 56.2 Å². The van der Waals surface area contributed by atoms with E-state index in [0.29, 0.717) is 17.3 Å². The zero-order chi connectivity index (χ0) is 19.7. The summed E-state index contributed by atoms with van der Waals surface area (Å²) in [6, 6.07) is 8.03. The van der Waals surface area contributed by atoms with E-state index in [4.69, 9.17) is 18.2 Å². The minimum Gasteiger partial charge on any atom is -0.358 e. The number of piperidine rings is 1. The van der Waals surface area contributed by atoms with Gasteiger partial charge in [0.05, 0.1) is 0 Å². The van der Waals surface area contributed by atoms with Crippen molar-refractivity contribution in [3.8, 4) is 0 Å². The lowest BCUT2D eigenvalue weighted by Crippen LogP contribution is -2.54. The molecule has 1 aliphatic carbocycles. The van der Waals surface area contributed by atoms with E-state index in [0.717, 1.165) is 19.4 Å². The topological polar surface area (TPSA) is 62.5 Å². The zero-order valence-corrected chi connectivity index (χ0v) is 16.5. The van der Waals surface area contributed by atoms with Crippen molar-refractivity contribution in [3.63, 3.8) is 0 Å². The SMILES string of the molecule is [C-]#[N+]c1ncc(N2CCC[C@@H](NC(=O)c3ccc(C4CC4)cc3)[C@H]2C)nc1Cl. The molecule has 28 heavy (non-hydrogen) atoms. The molecule has 2 fully saturated rings. The van der Waals surface area contributed by atoms with Crippen LogP contribution < -0.4 is 10.2 Å². The van der Waals surface area contributed by atoms with Crippen LogP contribution in [0.2, 0.25) is 5.15 Å². The molecule has 0 bridgehead atoms. The van der Waals surface area contributed by atoms with Crippen LogP contribution in [0.1, 0.15) is 54.4 Å². The van der Waals surface area contributed by atoms with Gasteiger partial charge in [-0.2, -0.15) is 0 Å². The average Bonchev–Trinajstić information content (AvgIpc) is 3.55. The molecule has 1 amide bonds. The van der Waals surface area contributed by atoms with Crippen LogP contribution in [0, 0.1) is 6.57 Å². The van der Waals surface area contributed by atoms with Gasteiger partial charge in [0.2, 0.25) is 0 Å². The second-order valence-corrected chi connectivity index (χ2v) is 7.86. The fraction of sp³-hybridized carbons (Fsp3) is 0.429. The third-order valence-corrected chi connectivity index (χ3v) is 5.88.